The molecule has 0 radical (unpaired) electrons. The molecule has 0 saturated heterocycles. The molecule has 0 fully saturated rings. The van der Waals surface area contributed by atoms with Crippen molar-refractivity contribution in [1.29, 1.82) is 5.26 Å². The molecule has 38 heavy (non-hydrogen) atoms. The van der Waals surface area contributed by atoms with E-state index in [1.165, 1.54) is 43.8 Å². The molecular weight excluding hydrogens is 464 g/mol. The standard InChI is InChI=1S/C34H24N4/c1-21(2)36-29-16-15-22(20-35)17-33(29)38-32-19-31-26(18-27(32)25-12-8-14-30(36)34(25)38)24-11-6-7-13-28(24)37(31)23-9-4-3-5-10-23/h3-19,21H,1-2H3. The van der Waals surface area contributed by atoms with E-state index in [0.29, 0.717) is 5.56 Å². The topological polar surface area (TPSA) is 36.9 Å². The Morgan fingerprint density at radius 1 is 0.579 bits per heavy atom. The smallest absolute Gasteiger partial charge is 0.0992 e. The first-order valence-electron chi connectivity index (χ1n) is 13.1. The van der Waals surface area contributed by atoms with Crippen molar-refractivity contribution in [2.24, 2.45) is 0 Å². The zero-order chi connectivity index (χ0) is 25.5. The maximum absolute atomic E-state index is 9.78. The van der Waals surface area contributed by atoms with E-state index in [9.17, 15) is 5.26 Å². The Morgan fingerprint density at radius 3 is 2.13 bits per heavy atom. The number of para-hydroxylation sites is 3. The molecule has 0 spiro atoms. The molecule has 7 aromatic rings. The van der Waals surface area contributed by atoms with Crippen LogP contribution in [0.5, 0.6) is 0 Å². The fraction of sp³-hybridized carbons (Fsp3) is 0.0882. The first-order chi connectivity index (χ1) is 18.7. The zero-order valence-corrected chi connectivity index (χ0v) is 21.2. The van der Waals surface area contributed by atoms with Crippen molar-refractivity contribution >= 4 is 55.0 Å². The van der Waals surface area contributed by atoms with Crippen LogP contribution in [0.25, 0.3) is 55.0 Å². The summed E-state index contributed by atoms with van der Waals surface area (Å²) in [6, 6.07) is 39.3. The molecule has 0 amide bonds. The first kappa shape index (κ1) is 21.1. The molecule has 0 aliphatic carbocycles. The number of nitriles is 1. The summed E-state index contributed by atoms with van der Waals surface area (Å²) in [5, 5.41) is 14.7. The number of fused-ring (bicyclic) bond motifs is 8. The van der Waals surface area contributed by atoms with Crippen LogP contribution in [0.4, 0.5) is 11.4 Å². The molecule has 5 aromatic carbocycles. The van der Waals surface area contributed by atoms with E-state index in [-0.39, 0.29) is 6.04 Å². The van der Waals surface area contributed by atoms with Crippen LogP contribution < -0.4 is 4.90 Å². The van der Waals surface area contributed by atoms with Gasteiger partial charge in [0, 0.05) is 33.3 Å². The van der Waals surface area contributed by atoms with Crippen LogP contribution >= 0.6 is 0 Å². The second-order valence-electron chi connectivity index (χ2n) is 10.4. The van der Waals surface area contributed by atoms with Gasteiger partial charge in [0.25, 0.3) is 0 Å². The minimum absolute atomic E-state index is 0.268. The van der Waals surface area contributed by atoms with Crippen LogP contribution in [-0.4, -0.2) is 15.2 Å². The van der Waals surface area contributed by atoms with Crippen LogP contribution in [0.2, 0.25) is 0 Å². The lowest BCUT2D eigenvalue weighted by atomic mass is 10.1. The molecule has 4 heteroatoms. The molecule has 0 saturated carbocycles. The van der Waals surface area contributed by atoms with E-state index in [1.807, 2.05) is 12.1 Å². The first-order valence-corrected chi connectivity index (χ1v) is 13.1. The average Bonchev–Trinajstić information content (AvgIpc) is 3.45. The normalized spacial score (nSPS) is 12.6. The molecule has 4 nitrogen and oxygen atoms in total. The summed E-state index contributed by atoms with van der Waals surface area (Å²) in [5.41, 5.74) is 9.91. The molecule has 0 bridgehead atoms. The van der Waals surface area contributed by atoms with Gasteiger partial charge in [-0.1, -0.05) is 48.5 Å². The fourth-order valence-electron chi connectivity index (χ4n) is 6.47. The van der Waals surface area contributed by atoms with Crippen molar-refractivity contribution < 1.29 is 0 Å². The van der Waals surface area contributed by atoms with Gasteiger partial charge in [0.1, 0.15) is 0 Å². The van der Waals surface area contributed by atoms with Gasteiger partial charge in [-0.15, -0.1) is 0 Å². The minimum Gasteiger partial charge on any atom is -0.335 e. The van der Waals surface area contributed by atoms with Gasteiger partial charge >= 0.3 is 0 Å². The number of nitrogens with zero attached hydrogens (tertiary/aromatic N) is 4. The van der Waals surface area contributed by atoms with Gasteiger partial charge in [0.05, 0.1) is 50.8 Å². The van der Waals surface area contributed by atoms with Gasteiger partial charge in [0.15, 0.2) is 0 Å². The maximum Gasteiger partial charge on any atom is 0.0992 e. The summed E-state index contributed by atoms with van der Waals surface area (Å²) >= 11 is 0. The number of aromatic nitrogens is 2. The molecule has 0 atom stereocenters. The van der Waals surface area contributed by atoms with E-state index in [1.54, 1.807) is 0 Å². The second-order valence-corrected chi connectivity index (χ2v) is 10.4. The molecular formula is C34H24N4. The van der Waals surface area contributed by atoms with E-state index >= 15 is 0 Å². The van der Waals surface area contributed by atoms with Crippen LogP contribution in [0.1, 0.15) is 19.4 Å². The van der Waals surface area contributed by atoms with Crippen LogP contribution in [0.3, 0.4) is 0 Å². The van der Waals surface area contributed by atoms with E-state index < -0.39 is 0 Å². The fourth-order valence-corrected chi connectivity index (χ4v) is 6.47. The third-order valence-corrected chi connectivity index (χ3v) is 7.95. The van der Waals surface area contributed by atoms with E-state index in [4.69, 9.17) is 0 Å². The van der Waals surface area contributed by atoms with Crippen LogP contribution in [0, 0.1) is 11.3 Å². The number of hydrogen-bond donors (Lipinski definition) is 0. The highest BCUT2D eigenvalue weighted by Gasteiger charge is 2.29. The summed E-state index contributed by atoms with van der Waals surface area (Å²) in [4.78, 5) is 2.40. The minimum atomic E-state index is 0.268. The van der Waals surface area contributed by atoms with Crippen molar-refractivity contribution in [2.45, 2.75) is 19.9 Å². The highest BCUT2D eigenvalue weighted by Crippen LogP contribution is 2.48. The number of rotatable bonds is 2. The van der Waals surface area contributed by atoms with Crippen LogP contribution in [-0.2, 0) is 0 Å². The Kier molecular flexibility index (Phi) is 4.17. The third kappa shape index (κ3) is 2.63. The summed E-state index contributed by atoms with van der Waals surface area (Å²) in [5.74, 6) is 0. The van der Waals surface area contributed by atoms with Gasteiger partial charge in [-0.3, -0.25) is 0 Å². The van der Waals surface area contributed by atoms with E-state index in [0.717, 1.165) is 22.6 Å². The molecule has 3 heterocycles. The quantitative estimate of drug-likeness (QED) is 0.244. The lowest BCUT2D eigenvalue weighted by Crippen LogP contribution is -2.29. The second kappa shape index (κ2) is 7.50. The summed E-state index contributed by atoms with van der Waals surface area (Å²) in [6.07, 6.45) is 0. The number of benzene rings is 5. The van der Waals surface area contributed by atoms with Gasteiger partial charge in [-0.05, 0) is 68.4 Å². The van der Waals surface area contributed by atoms with Gasteiger partial charge in [-0.2, -0.15) is 5.26 Å². The van der Waals surface area contributed by atoms with Crippen molar-refractivity contribution in [3.05, 3.63) is 109 Å². The Labute approximate surface area is 220 Å². The largest absolute Gasteiger partial charge is 0.335 e. The average molecular weight is 489 g/mol. The zero-order valence-electron chi connectivity index (χ0n) is 21.2. The maximum atomic E-state index is 9.78. The third-order valence-electron chi connectivity index (χ3n) is 7.95. The van der Waals surface area contributed by atoms with Crippen molar-refractivity contribution in [3.63, 3.8) is 0 Å². The molecule has 1 aliphatic rings. The Hall–Kier alpha value is -5.01. The Bertz CT molecular complexity index is 2120. The van der Waals surface area contributed by atoms with Crippen LogP contribution in [0.15, 0.2) is 103 Å². The predicted octanol–water partition coefficient (Wildman–Crippen LogP) is 8.61. The number of anilines is 2. The molecule has 180 valence electrons. The van der Waals surface area contributed by atoms with Crippen molar-refractivity contribution in [1.82, 2.24) is 9.13 Å². The summed E-state index contributed by atoms with van der Waals surface area (Å²) in [6.45, 7) is 4.45. The summed E-state index contributed by atoms with van der Waals surface area (Å²) < 4.78 is 4.74. The molecule has 0 unspecified atom stereocenters. The molecule has 1 aliphatic heterocycles. The highest BCUT2D eigenvalue weighted by atomic mass is 15.2. The lowest BCUT2D eigenvalue weighted by molar-refractivity contribution is 0.781. The SMILES string of the molecule is CC(C)N1c2ccc(C#N)cc2-n2c3cc4c(cc3c3cccc1c32)c1ccccc1n4-c1ccccc1. The molecule has 0 N–H and O–H groups in total. The Morgan fingerprint density at radius 2 is 1.32 bits per heavy atom. The Balaban J connectivity index is 1.60. The molecule has 8 rings (SSSR count). The van der Waals surface area contributed by atoms with E-state index in [2.05, 4.69) is 125 Å². The number of hydrogen-bond acceptors (Lipinski definition) is 2. The van der Waals surface area contributed by atoms with Crippen molar-refractivity contribution in [2.75, 3.05) is 4.90 Å². The van der Waals surface area contributed by atoms with Crippen molar-refractivity contribution in [3.8, 4) is 17.4 Å². The summed E-state index contributed by atoms with van der Waals surface area (Å²) in [7, 11) is 0. The lowest BCUT2D eigenvalue weighted by Gasteiger charge is -2.36. The van der Waals surface area contributed by atoms with Gasteiger partial charge in [-0.25, -0.2) is 0 Å². The predicted molar refractivity (Wildman–Crippen MR) is 157 cm³/mol. The monoisotopic (exact) mass is 488 g/mol. The van der Waals surface area contributed by atoms with Gasteiger partial charge in [0.2, 0.25) is 0 Å². The highest BCUT2D eigenvalue weighted by molar-refractivity contribution is 6.21. The van der Waals surface area contributed by atoms with Gasteiger partial charge < -0.3 is 14.0 Å². The molecule has 2 aromatic heterocycles.